The van der Waals surface area contributed by atoms with Gasteiger partial charge in [0.05, 0.1) is 14.2 Å². The second-order valence-electron chi connectivity index (χ2n) is 7.98. The number of carbonyl (C=O) groups excluding carboxylic acids is 2. The largest absolute Gasteiger partial charge is 0.497 e. The average Bonchev–Trinajstić information content (AvgIpc) is 2.78. The number of carboxylic acids is 1. The predicted molar refractivity (Wildman–Crippen MR) is 125 cm³/mol. The van der Waals surface area contributed by atoms with E-state index >= 15 is 0 Å². The minimum atomic E-state index is -1.15. The van der Waals surface area contributed by atoms with Crippen LogP contribution in [-0.2, 0) is 9.59 Å². The Hall–Kier alpha value is -3.81. The highest BCUT2D eigenvalue weighted by atomic mass is 16.5. The van der Waals surface area contributed by atoms with Crippen LogP contribution in [0.1, 0.15) is 41.8 Å². The smallest absolute Gasteiger partial charge is 0.326 e. The van der Waals surface area contributed by atoms with Crippen LogP contribution in [-0.4, -0.2) is 43.2 Å². The molecule has 0 aliphatic rings. The minimum Gasteiger partial charge on any atom is -0.497 e. The first-order chi connectivity index (χ1) is 15.6. The van der Waals surface area contributed by atoms with Crippen molar-refractivity contribution in [2.24, 2.45) is 5.92 Å². The summed E-state index contributed by atoms with van der Waals surface area (Å²) in [6.45, 7) is 5.62. The van der Waals surface area contributed by atoms with Gasteiger partial charge in [-0.05, 0) is 49.6 Å². The number of carboxylic acid groups (broad SMARTS) is 1. The fourth-order valence-electron chi connectivity index (χ4n) is 3.08. The Morgan fingerprint density at radius 3 is 2.24 bits per heavy atom. The molecule has 0 radical (unpaired) electrons. The second kappa shape index (κ2) is 11.7. The van der Waals surface area contributed by atoms with Crippen LogP contribution in [0.15, 0.2) is 48.2 Å². The monoisotopic (exact) mass is 454 g/mol. The molecule has 0 aromatic heterocycles. The maximum atomic E-state index is 13.1. The van der Waals surface area contributed by atoms with Crippen molar-refractivity contribution in [1.82, 2.24) is 10.6 Å². The molecule has 0 saturated carbocycles. The Morgan fingerprint density at radius 2 is 1.70 bits per heavy atom. The van der Waals surface area contributed by atoms with Gasteiger partial charge in [0.15, 0.2) is 0 Å². The Balaban J connectivity index is 2.43. The quantitative estimate of drug-likeness (QED) is 0.474. The first-order valence-corrected chi connectivity index (χ1v) is 10.5. The number of rotatable bonds is 10. The number of nitrogens with one attached hydrogen (secondary N) is 2. The standard InChI is InChI=1S/C25H30N2O6/c1-15(2)12-21(25(30)31)27-24(29)20(26-23(28)17-8-6-16(3)7-9-17)13-18-10-11-19(32-4)14-22(18)33-5/h6-11,13-15,21H,12H2,1-5H3,(H,26,28)(H,27,29)(H,30,31)/b20-13+/t21-/m0/s1. The summed E-state index contributed by atoms with van der Waals surface area (Å²) in [5.74, 6) is -1.35. The van der Waals surface area contributed by atoms with E-state index in [-0.39, 0.29) is 18.0 Å². The van der Waals surface area contributed by atoms with E-state index in [1.807, 2.05) is 20.8 Å². The summed E-state index contributed by atoms with van der Waals surface area (Å²) in [5.41, 5.74) is 1.74. The zero-order valence-corrected chi connectivity index (χ0v) is 19.5. The summed E-state index contributed by atoms with van der Waals surface area (Å²) in [5, 5.41) is 14.6. The molecule has 2 amide bonds. The van der Waals surface area contributed by atoms with E-state index in [2.05, 4.69) is 10.6 Å². The molecule has 8 nitrogen and oxygen atoms in total. The highest BCUT2D eigenvalue weighted by Crippen LogP contribution is 2.26. The first-order valence-electron chi connectivity index (χ1n) is 10.5. The topological polar surface area (TPSA) is 114 Å². The molecule has 0 spiro atoms. The maximum absolute atomic E-state index is 13.1. The number of ether oxygens (including phenoxy) is 2. The molecule has 0 aliphatic carbocycles. The summed E-state index contributed by atoms with van der Waals surface area (Å²) in [6.07, 6.45) is 1.68. The third-order valence-corrected chi connectivity index (χ3v) is 4.86. The summed E-state index contributed by atoms with van der Waals surface area (Å²) >= 11 is 0. The molecule has 0 heterocycles. The van der Waals surface area contributed by atoms with Gasteiger partial charge in [-0.3, -0.25) is 9.59 Å². The van der Waals surface area contributed by atoms with Crippen molar-refractivity contribution in [3.05, 3.63) is 64.9 Å². The van der Waals surface area contributed by atoms with Crippen molar-refractivity contribution in [3.63, 3.8) is 0 Å². The van der Waals surface area contributed by atoms with Gasteiger partial charge in [0, 0.05) is 17.2 Å². The van der Waals surface area contributed by atoms with Crippen LogP contribution >= 0.6 is 0 Å². The molecule has 0 bridgehead atoms. The third-order valence-electron chi connectivity index (χ3n) is 4.86. The molecule has 0 aliphatic heterocycles. The SMILES string of the molecule is COc1ccc(/C=C(/NC(=O)c2ccc(C)cc2)C(=O)N[C@@H](CC(C)C)C(=O)O)c(OC)c1. The van der Waals surface area contributed by atoms with Crippen molar-refractivity contribution < 1.29 is 29.0 Å². The molecular weight excluding hydrogens is 424 g/mol. The number of benzene rings is 2. The Kier molecular flexibility index (Phi) is 9.03. The van der Waals surface area contributed by atoms with E-state index in [0.29, 0.717) is 22.6 Å². The lowest BCUT2D eigenvalue weighted by molar-refractivity contribution is -0.141. The van der Waals surface area contributed by atoms with Gasteiger partial charge in [-0.2, -0.15) is 0 Å². The number of aliphatic carboxylic acids is 1. The van der Waals surface area contributed by atoms with Gasteiger partial charge in [-0.15, -0.1) is 0 Å². The van der Waals surface area contributed by atoms with Gasteiger partial charge in [0.2, 0.25) is 0 Å². The van der Waals surface area contributed by atoms with E-state index in [4.69, 9.17) is 9.47 Å². The van der Waals surface area contributed by atoms with Crippen LogP contribution in [0.25, 0.3) is 6.08 Å². The maximum Gasteiger partial charge on any atom is 0.326 e. The summed E-state index contributed by atoms with van der Waals surface area (Å²) in [4.78, 5) is 37.5. The molecule has 2 rings (SSSR count). The van der Waals surface area contributed by atoms with Gasteiger partial charge < -0.3 is 25.2 Å². The lowest BCUT2D eigenvalue weighted by Gasteiger charge is -2.18. The number of hydrogen-bond acceptors (Lipinski definition) is 5. The van der Waals surface area contributed by atoms with E-state index < -0.39 is 23.8 Å². The number of carbonyl (C=O) groups is 3. The van der Waals surface area contributed by atoms with E-state index in [1.54, 1.807) is 42.5 Å². The first kappa shape index (κ1) is 25.5. The lowest BCUT2D eigenvalue weighted by Crippen LogP contribution is -2.45. The molecule has 0 unspecified atom stereocenters. The second-order valence-corrected chi connectivity index (χ2v) is 7.98. The molecule has 0 fully saturated rings. The van der Waals surface area contributed by atoms with Crippen molar-refractivity contribution in [2.45, 2.75) is 33.2 Å². The van der Waals surface area contributed by atoms with Crippen molar-refractivity contribution in [2.75, 3.05) is 14.2 Å². The Morgan fingerprint density at radius 1 is 1.03 bits per heavy atom. The highest BCUT2D eigenvalue weighted by Gasteiger charge is 2.24. The summed E-state index contributed by atoms with van der Waals surface area (Å²) in [7, 11) is 2.99. The lowest BCUT2D eigenvalue weighted by atomic mass is 10.0. The minimum absolute atomic E-state index is 0.0441. The van der Waals surface area contributed by atoms with Crippen LogP contribution in [0.5, 0.6) is 11.5 Å². The summed E-state index contributed by atoms with van der Waals surface area (Å²) in [6, 6.07) is 10.8. The van der Waals surface area contributed by atoms with Crippen molar-refractivity contribution in [1.29, 1.82) is 0 Å². The Bertz CT molecular complexity index is 1030. The zero-order valence-electron chi connectivity index (χ0n) is 19.5. The molecule has 3 N–H and O–H groups in total. The fraction of sp³-hybridized carbons (Fsp3) is 0.320. The third kappa shape index (κ3) is 7.38. The molecule has 176 valence electrons. The van der Waals surface area contributed by atoms with Crippen LogP contribution in [0.2, 0.25) is 0 Å². The summed E-state index contributed by atoms with van der Waals surface area (Å²) < 4.78 is 10.6. The molecule has 2 aromatic carbocycles. The van der Waals surface area contributed by atoms with Crippen LogP contribution in [0.4, 0.5) is 0 Å². The van der Waals surface area contributed by atoms with Crippen LogP contribution < -0.4 is 20.1 Å². The van der Waals surface area contributed by atoms with Gasteiger partial charge in [-0.25, -0.2) is 4.79 Å². The van der Waals surface area contributed by atoms with Gasteiger partial charge >= 0.3 is 5.97 Å². The normalized spacial score (nSPS) is 12.1. The number of aryl methyl sites for hydroxylation is 1. The van der Waals surface area contributed by atoms with Crippen LogP contribution in [0.3, 0.4) is 0 Å². The average molecular weight is 455 g/mol. The number of amides is 2. The van der Waals surface area contributed by atoms with E-state index in [0.717, 1.165) is 5.56 Å². The molecule has 2 aromatic rings. The molecule has 8 heteroatoms. The fourth-order valence-corrected chi connectivity index (χ4v) is 3.08. The van der Waals surface area contributed by atoms with Gasteiger partial charge in [0.25, 0.3) is 11.8 Å². The van der Waals surface area contributed by atoms with E-state index in [9.17, 15) is 19.5 Å². The molecular formula is C25H30N2O6. The zero-order chi connectivity index (χ0) is 24.5. The number of hydrogen-bond donors (Lipinski definition) is 3. The molecule has 33 heavy (non-hydrogen) atoms. The van der Waals surface area contributed by atoms with E-state index in [1.165, 1.54) is 20.3 Å². The highest BCUT2D eigenvalue weighted by molar-refractivity contribution is 6.06. The number of methoxy groups -OCH3 is 2. The van der Waals surface area contributed by atoms with Crippen LogP contribution in [0, 0.1) is 12.8 Å². The molecule has 0 saturated heterocycles. The van der Waals surface area contributed by atoms with Gasteiger partial charge in [-0.1, -0.05) is 31.5 Å². The molecule has 1 atom stereocenters. The van der Waals surface area contributed by atoms with Gasteiger partial charge in [0.1, 0.15) is 23.2 Å². The predicted octanol–water partition coefficient (Wildman–Crippen LogP) is 3.40. The Labute approximate surface area is 193 Å². The van der Waals surface area contributed by atoms with Crippen molar-refractivity contribution in [3.8, 4) is 11.5 Å². The van der Waals surface area contributed by atoms with Crippen molar-refractivity contribution >= 4 is 23.9 Å².